The van der Waals surface area contributed by atoms with Gasteiger partial charge < -0.3 is 25.9 Å². The van der Waals surface area contributed by atoms with Crippen molar-refractivity contribution in [2.24, 2.45) is 16.5 Å². The molecule has 0 aliphatic carbocycles. The van der Waals surface area contributed by atoms with Gasteiger partial charge >= 0.3 is 0 Å². The Balaban J connectivity index is 1.75. The van der Waals surface area contributed by atoms with Crippen LogP contribution >= 0.6 is 12.0 Å². The molecule has 0 saturated carbocycles. The van der Waals surface area contributed by atoms with Crippen LogP contribution in [-0.2, 0) is 15.8 Å². The average molecular weight is 443 g/mol. The van der Waals surface area contributed by atoms with Gasteiger partial charge in [0.2, 0.25) is 0 Å². The van der Waals surface area contributed by atoms with Gasteiger partial charge in [-0.25, -0.2) is 9.87 Å². The van der Waals surface area contributed by atoms with E-state index in [-0.39, 0.29) is 11.5 Å². The third-order valence-electron chi connectivity index (χ3n) is 4.05. The van der Waals surface area contributed by atoms with Crippen LogP contribution in [0.15, 0.2) is 71.1 Å². The first-order valence-electron chi connectivity index (χ1n) is 9.03. The van der Waals surface area contributed by atoms with Gasteiger partial charge in [0.25, 0.3) is 5.91 Å². The van der Waals surface area contributed by atoms with Crippen LogP contribution in [0.3, 0.4) is 0 Å². The van der Waals surface area contributed by atoms with Gasteiger partial charge in [-0.05, 0) is 35.9 Å². The normalized spacial score (nSPS) is 11.7. The number of benzene rings is 2. The van der Waals surface area contributed by atoms with Crippen LogP contribution < -0.4 is 16.2 Å². The van der Waals surface area contributed by atoms with Gasteiger partial charge in [0.05, 0.1) is 43.0 Å². The van der Waals surface area contributed by atoms with E-state index in [9.17, 15) is 9.90 Å². The molecule has 1 atom stereocenters. The minimum absolute atomic E-state index is 0.251. The number of aliphatic hydroxyl groups is 1. The molecule has 162 valence electrons. The van der Waals surface area contributed by atoms with E-state index in [2.05, 4.69) is 14.9 Å². The van der Waals surface area contributed by atoms with Crippen molar-refractivity contribution in [1.29, 1.82) is 0 Å². The summed E-state index contributed by atoms with van der Waals surface area (Å²) in [5, 5.41) is 10.4. The number of aliphatic imine (C=N–C) groups is 1. The van der Waals surface area contributed by atoms with Crippen LogP contribution in [-0.4, -0.2) is 33.6 Å². The highest BCUT2D eigenvalue weighted by Crippen LogP contribution is 2.35. The Hall–Kier alpha value is -3.38. The minimum Gasteiger partial charge on any atom is -0.456 e. The molecule has 0 aliphatic rings. The molecule has 5 N–H and O–H groups in total. The monoisotopic (exact) mass is 443 g/mol. The number of nitrogens with zero attached hydrogens (tertiary/aromatic N) is 3. The lowest BCUT2D eigenvalue weighted by molar-refractivity contribution is -0.160. The van der Waals surface area contributed by atoms with Crippen LogP contribution in [0.2, 0.25) is 0 Å². The molecule has 1 heterocycles. The minimum atomic E-state index is -0.690. The second-order valence-electron chi connectivity index (χ2n) is 6.27. The highest BCUT2D eigenvalue weighted by Gasteiger charge is 2.14. The first-order valence-corrected chi connectivity index (χ1v) is 9.77. The Morgan fingerprint density at radius 1 is 1.26 bits per heavy atom. The SMILES string of the molecule is COOSc1cc(C(=O)N=C(N)N)ccc1Oc1ccc(C(O)Cn2ccnc2)cc1. The highest BCUT2D eigenvalue weighted by atomic mass is 32.2. The Kier molecular flexibility index (Phi) is 7.62. The Labute approximate surface area is 182 Å². The summed E-state index contributed by atoms with van der Waals surface area (Å²) in [7, 11) is 1.36. The molecule has 11 heteroatoms. The maximum absolute atomic E-state index is 12.1. The van der Waals surface area contributed by atoms with Crippen LogP contribution in [0.5, 0.6) is 11.5 Å². The topological polar surface area (TPSA) is 147 Å². The summed E-state index contributed by atoms with van der Waals surface area (Å²) in [6.45, 7) is 0.390. The molecule has 3 aromatic rings. The summed E-state index contributed by atoms with van der Waals surface area (Å²) in [6, 6.07) is 11.7. The van der Waals surface area contributed by atoms with Crippen molar-refractivity contribution in [1.82, 2.24) is 9.55 Å². The van der Waals surface area contributed by atoms with Crippen molar-refractivity contribution in [3.8, 4) is 11.5 Å². The maximum atomic E-state index is 12.1. The number of ether oxygens (including phenoxy) is 1. The van der Waals surface area contributed by atoms with Crippen molar-refractivity contribution >= 4 is 23.9 Å². The molecule has 0 bridgehead atoms. The number of amides is 1. The van der Waals surface area contributed by atoms with E-state index in [1.165, 1.54) is 19.2 Å². The van der Waals surface area contributed by atoms with Crippen molar-refractivity contribution in [3.05, 3.63) is 72.3 Å². The largest absolute Gasteiger partial charge is 0.456 e. The van der Waals surface area contributed by atoms with Crippen molar-refractivity contribution in [2.45, 2.75) is 17.5 Å². The molecule has 0 spiro atoms. The van der Waals surface area contributed by atoms with E-state index in [1.807, 2.05) is 0 Å². The van der Waals surface area contributed by atoms with Crippen molar-refractivity contribution < 1.29 is 23.9 Å². The number of carbonyl (C=O) groups is 1. The second kappa shape index (κ2) is 10.6. The number of hydrogen-bond donors (Lipinski definition) is 3. The summed E-state index contributed by atoms with van der Waals surface area (Å²) >= 11 is 0.868. The van der Waals surface area contributed by atoms with Gasteiger partial charge in [-0.15, -0.1) is 0 Å². The Morgan fingerprint density at radius 3 is 2.68 bits per heavy atom. The quantitative estimate of drug-likeness (QED) is 0.149. The van der Waals surface area contributed by atoms with E-state index < -0.39 is 12.0 Å². The molecule has 0 aliphatic heterocycles. The molecule has 0 fully saturated rings. The number of hydrogen-bond acceptors (Lipinski definition) is 7. The number of guanidine groups is 1. The first kappa shape index (κ1) is 22.3. The number of carbonyl (C=O) groups excluding carboxylic acids is 1. The lowest BCUT2D eigenvalue weighted by atomic mass is 10.1. The van der Waals surface area contributed by atoms with Crippen LogP contribution in [0.4, 0.5) is 0 Å². The second-order valence-corrected chi connectivity index (χ2v) is 7.01. The standard InChI is InChI=1S/C20H21N5O5S/c1-28-30-31-18-10-14(19(27)24-20(21)22)4-7-17(18)29-15-5-2-13(3-6-15)16(26)11-25-9-8-23-12-25/h2-10,12,16,26H,11H2,1H3,(H4,21,22,24,27). The van der Waals surface area contributed by atoms with Crippen molar-refractivity contribution in [3.63, 3.8) is 0 Å². The number of nitrogens with two attached hydrogens (primary N) is 2. The zero-order valence-electron chi connectivity index (χ0n) is 16.5. The molecule has 0 saturated heterocycles. The van der Waals surface area contributed by atoms with Gasteiger partial charge in [-0.1, -0.05) is 12.1 Å². The Bertz CT molecular complexity index is 1040. The fraction of sp³-hybridized carbons (Fsp3) is 0.150. The van der Waals surface area contributed by atoms with Crippen LogP contribution in [0.1, 0.15) is 22.0 Å². The summed E-state index contributed by atoms with van der Waals surface area (Å²) in [6.07, 6.45) is 4.39. The molecule has 0 radical (unpaired) electrons. The third kappa shape index (κ3) is 6.30. The van der Waals surface area contributed by atoms with E-state index in [4.69, 9.17) is 20.5 Å². The molecular weight excluding hydrogens is 422 g/mol. The molecular formula is C20H21N5O5S. The van der Waals surface area contributed by atoms with E-state index in [1.54, 1.807) is 53.6 Å². The van der Waals surface area contributed by atoms with Crippen LogP contribution in [0.25, 0.3) is 0 Å². The summed E-state index contributed by atoms with van der Waals surface area (Å²) in [5.74, 6) is 0.0289. The Morgan fingerprint density at radius 2 is 2.03 bits per heavy atom. The van der Waals surface area contributed by atoms with Gasteiger partial charge in [-0.3, -0.25) is 4.79 Å². The zero-order valence-corrected chi connectivity index (χ0v) is 17.4. The summed E-state index contributed by atoms with van der Waals surface area (Å²) in [4.78, 5) is 24.6. The van der Waals surface area contributed by atoms with E-state index in [0.717, 1.165) is 17.6 Å². The van der Waals surface area contributed by atoms with Gasteiger partial charge in [0.15, 0.2) is 5.96 Å². The van der Waals surface area contributed by atoms with Gasteiger partial charge in [0.1, 0.15) is 11.5 Å². The fourth-order valence-corrected chi connectivity index (χ4v) is 3.14. The highest BCUT2D eigenvalue weighted by molar-refractivity contribution is 7.94. The van der Waals surface area contributed by atoms with Crippen LogP contribution in [0, 0.1) is 0 Å². The summed E-state index contributed by atoms with van der Waals surface area (Å²) in [5.41, 5.74) is 11.5. The maximum Gasteiger partial charge on any atom is 0.280 e. The number of aliphatic hydroxyl groups excluding tert-OH is 1. The molecule has 10 nitrogen and oxygen atoms in total. The zero-order chi connectivity index (χ0) is 22.2. The lowest BCUT2D eigenvalue weighted by Gasteiger charge is -2.14. The molecule has 1 aromatic heterocycles. The van der Waals surface area contributed by atoms with Crippen molar-refractivity contribution in [2.75, 3.05) is 7.11 Å². The molecule has 1 unspecified atom stereocenters. The van der Waals surface area contributed by atoms with E-state index in [0.29, 0.717) is 22.9 Å². The number of aromatic nitrogens is 2. The number of rotatable bonds is 9. The summed E-state index contributed by atoms with van der Waals surface area (Å²) < 4.78 is 12.6. The third-order valence-corrected chi connectivity index (χ3v) is 4.75. The smallest absolute Gasteiger partial charge is 0.280 e. The van der Waals surface area contributed by atoms with Gasteiger partial charge in [0, 0.05) is 18.0 Å². The van der Waals surface area contributed by atoms with Gasteiger partial charge in [-0.2, -0.15) is 9.33 Å². The molecule has 1 amide bonds. The lowest BCUT2D eigenvalue weighted by Crippen LogP contribution is -2.24. The average Bonchev–Trinajstić information content (AvgIpc) is 3.26. The predicted octanol–water partition coefficient (Wildman–Crippen LogP) is 2.41. The molecule has 2 aromatic carbocycles. The number of imidazole rings is 1. The van der Waals surface area contributed by atoms with E-state index >= 15 is 0 Å². The molecule has 31 heavy (non-hydrogen) atoms. The first-order chi connectivity index (χ1) is 15.0. The molecule has 3 rings (SSSR count). The fourth-order valence-electron chi connectivity index (χ4n) is 2.63. The predicted molar refractivity (Wildman–Crippen MR) is 114 cm³/mol.